The number of rotatable bonds is 6. The van der Waals surface area contributed by atoms with Gasteiger partial charge in [0.2, 0.25) is 0 Å². The van der Waals surface area contributed by atoms with Crippen molar-refractivity contribution in [1.29, 1.82) is 0 Å². The van der Waals surface area contributed by atoms with Gasteiger partial charge in [0.25, 0.3) is 0 Å². The molecule has 172 valence electrons. The molecule has 2 aromatic rings. The van der Waals surface area contributed by atoms with Crippen molar-refractivity contribution in [2.75, 3.05) is 0 Å². The van der Waals surface area contributed by atoms with Crippen LogP contribution < -0.4 is 0 Å². The molecule has 3 atom stereocenters. The summed E-state index contributed by atoms with van der Waals surface area (Å²) in [4.78, 5) is 14.7. The molecule has 1 aliphatic carbocycles. The van der Waals surface area contributed by atoms with E-state index in [4.69, 9.17) is 4.74 Å². The fourth-order valence-corrected chi connectivity index (χ4v) is 4.82. The lowest BCUT2D eigenvalue weighted by atomic mass is 9.74. The van der Waals surface area contributed by atoms with Crippen LogP contribution in [0.25, 0.3) is 10.8 Å². The molecular weight excluding hydrogens is 398 g/mol. The highest BCUT2D eigenvalue weighted by molar-refractivity contribution is 5.83. The van der Waals surface area contributed by atoms with Gasteiger partial charge in [-0.05, 0) is 81.9 Å². The van der Waals surface area contributed by atoms with Crippen LogP contribution >= 0.6 is 0 Å². The van der Waals surface area contributed by atoms with Crippen LogP contribution in [0.1, 0.15) is 66.1 Å². The predicted molar refractivity (Wildman–Crippen MR) is 131 cm³/mol. The molecule has 0 radical (unpaired) electrons. The van der Waals surface area contributed by atoms with Gasteiger partial charge in [0.15, 0.2) is 0 Å². The molecular formula is C28H37NO3. The Morgan fingerprint density at radius 2 is 1.72 bits per heavy atom. The van der Waals surface area contributed by atoms with Gasteiger partial charge >= 0.3 is 6.09 Å². The van der Waals surface area contributed by atoms with Gasteiger partial charge < -0.3 is 14.7 Å². The Morgan fingerprint density at radius 1 is 1.09 bits per heavy atom. The first-order valence-corrected chi connectivity index (χ1v) is 11.6. The normalized spacial score (nSPS) is 20.0. The second kappa shape index (κ2) is 9.91. The number of nitrogens with zero attached hydrogens (tertiary/aromatic N) is 1. The Balaban J connectivity index is 1.94. The zero-order valence-corrected chi connectivity index (χ0v) is 20.3. The number of carbonyl (C=O) groups is 1. The van der Waals surface area contributed by atoms with E-state index >= 15 is 0 Å². The maximum absolute atomic E-state index is 13.0. The number of hydrogen-bond acceptors (Lipinski definition) is 3. The molecule has 4 heteroatoms. The number of ether oxygens (including phenoxy) is 1. The Hall–Kier alpha value is -2.59. The highest BCUT2D eigenvalue weighted by Gasteiger charge is 2.35. The summed E-state index contributed by atoms with van der Waals surface area (Å²) in [7, 11) is 0. The smallest absolute Gasteiger partial charge is 0.415 e. The van der Waals surface area contributed by atoms with Gasteiger partial charge in [-0.3, -0.25) is 0 Å². The number of amides is 1. The lowest BCUT2D eigenvalue weighted by molar-refractivity contribution is 0.0786. The van der Waals surface area contributed by atoms with Gasteiger partial charge in [0.1, 0.15) is 5.76 Å². The Kier molecular flexibility index (Phi) is 7.45. The molecule has 0 aliphatic heterocycles. The maximum atomic E-state index is 13.0. The quantitative estimate of drug-likeness (QED) is 0.497. The molecule has 0 saturated heterocycles. The van der Waals surface area contributed by atoms with E-state index in [1.54, 1.807) is 4.90 Å². The molecule has 4 nitrogen and oxygen atoms in total. The van der Waals surface area contributed by atoms with E-state index < -0.39 is 6.10 Å². The summed E-state index contributed by atoms with van der Waals surface area (Å²) >= 11 is 0. The number of fused-ring (bicyclic) bond motifs is 1. The fourth-order valence-electron chi connectivity index (χ4n) is 4.82. The zero-order valence-electron chi connectivity index (χ0n) is 20.3. The van der Waals surface area contributed by atoms with Gasteiger partial charge in [0, 0.05) is 24.4 Å². The van der Waals surface area contributed by atoms with Crippen molar-refractivity contribution in [3.63, 3.8) is 0 Å². The van der Waals surface area contributed by atoms with Gasteiger partial charge in [-0.1, -0.05) is 48.6 Å². The van der Waals surface area contributed by atoms with E-state index in [2.05, 4.69) is 30.8 Å². The van der Waals surface area contributed by atoms with Gasteiger partial charge in [-0.15, -0.1) is 0 Å². The number of aliphatic hydroxyl groups is 1. The lowest BCUT2D eigenvalue weighted by Crippen LogP contribution is -2.42. The van der Waals surface area contributed by atoms with Crippen LogP contribution in [0.5, 0.6) is 0 Å². The second-order valence-corrected chi connectivity index (χ2v) is 9.71. The molecule has 0 bridgehead atoms. The summed E-state index contributed by atoms with van der Waals surface area (Å²) in [6, 6.07) is 14.3. The molecule has 0 heterocycles. The van der Waals surface area contributed by atoms with Crippen LogP contribution in [-0.4, -0.2) is 28.2 Å². The van der Waals surface area contributed by atoms with Crippen molar-refractivity contribution in [3.8, 4) is 0 Å². The average Bonchev–Trinajstić information content (AvgIpc) is 2.73. The van der Waals surface area contributed by atoms with Crippen molar-refractivity contribution in [2.45, 2.75) is 72.6 Å². The second-order valence-electron chi connectivity index (χ2n) is 9.71. The van der Waals surface area contributed by atoms with Crippen LogP contribution in [0, 0.1) is 11.8 Å². The van der Waals surface area contributed by atoms with Crippen LogP contribution in [0.3, 0.4) is 0 Å². The van der Waals surface area contributed by atoms with E-state index in [1.807, 2.05) is 59.7 Å². The largest absolute Gasteiger partial charge is 0.415 e. The Bertz CT molecular complexity index is 1010. The number of carbonyl (C=O) groups excluding carboxylic acids is 1. The van der Waals surface area contributed by atoms with Crippen molar-refractivity contribution in [3.05, 3.63) is 71.5 Å². The van der Waals surface area contributed by atoms with E-state index in [1.165, 1.54) is 0 Å². The minimum absolute atomic E-state index is 0.0444. The molecule has 1 N–H and O–H groups in total. The van der Waals surface area contributed by atoms with Crippen molar-refractivity contribution in [2.24, 2.45) is 11.8 Å². The highest BCUT2D eigenvalue weighted by Crippen LogP contribution is 2.43. The molecule has 0 spiro atoms. The summed E-state index contributed by atoms with van der Waals surface area (Å²) in [6.07, 6.45) is 0.416. The molecule has 3 rings (SSSR count). The van der Waals surface area contributed by atoms with Gasteiger partial charge in [-0.25, -0.2) is 4.79 Å². The molecule has 32 heavy (non-hydrogen) atoms. The molecule has 0 fully saturated rings. The number of hydrogen-bond donors (Lipinski definition) is 1. The monoisotopic (exact) mass is 435 g/mol. The first-order valence-electron chi connectivity index (χ1n) is 11.6. The van der Waals surface area contributed by atoms with Crippen LogP contribution in [-0.2, 0) is 4.74 Å². The first-order chi connectivity index (χ1) is 15.1. The van der Waals surface area contributed by atoms with Crippen LogP contribution in [0.4, 0.5) is 4.79 Å². The summed E-state index contributed by atoms with van der Waals surface area (Å²) in [5.74, 6) is 0.694. The zero-order chi connectivity index (χ0) is 23.6. The number of aliphatic hydroxyl groups excluding tert-OH is 1. The lowest BCUT2D eigenvalue weighted by Gasteiger charge is -2.36. The molecule has 1 aliphatic rings. The highest BCUT2D eigenvalue weighted by atomic mass is 16.6. The third kappa shape index (κ3) is 5.07. The van der Waals surface area contributed by atoms with Crippen LogP contribution in [0.2, 0.25) is 0 Å². The molecule has 0 saturated carbocycles. The maximum Gasteiger partial charge on any atom is 0.415 e. The Morgan fingerprint density at radius 3 is 2.31 bits per heavy atom. The van der Waals surface area contributed by atoms with E-state index in [0.29, 0.717) is 12.2 Å². The minimum Gasteiger partial charge on any atom is -0.415 e. The third-order valence-corrected chi connectivity index (χ3v) is 6.69. The molecule has 0 unspecified atom stereocenters. The van der Waals surface area contributed by atoms with E-state index in [0.717, 1.165) is 33.9 Å². The Labute approximate surface area is 192 Å². The average molecular weight is 436 g/mol. The molecule has 2 aromatic carbocycles. The predicted octanol–water partition coefficient (Wildman–Crippen LogP) is 7.00. The van der Waals surface area contributed by atoms with Gasteiger partial charge in [-0.2, -0.15) is 0 Å². The van der Waals surface area contributed by atoms with Crippen LogP contribution in [0.15, 0.2) is 65.9 Å². The van der Waals surface area contributed by atoms with Crippen molar-refractivity contribution >= 4 is 16.9 Å². The fraction of sp³-hybridized carbons (Fsp3) is 0.464. The number of benzene rings is 2. The molecule has 1 amide bonds. The van der Waals surface area contributed by atoms with Crippen molar-refractivity contribution in [1.82, 2.24) is 4.90 Å². The van der Waals surface area contributed by atoms with E-state index in [9.17, 15) is 9.90 Å². The first kappa shape index (κ1) is 24.1. The third-order valence-electron chi connectivity index (χ3n) is 6.69. The summed E-state index contributed by atoms with van der Waals surface area (Å²) in [6.45, 7) is 16.1. The SMILES string of the molecule is C=C(C)[C@H]1CC(OC(=O)N(C(C)C)C(C)C)=C(C)[C@H]([C@@H](O)c2ccc3ccccc3c2)C1. The topological polar surface area (TPSA) is 49.8 Å². The minimum atomic E-state index is -0.679. The number of allylic oxidation sites excluding steroid dienone is 2. The summed E-state index contributed by atoms with van der Waals surface area (Å²) in [5.41, 5.74) is 2.88. The summed E-state index contributed by atoms with van der Waals surface area (Å²) in [5, 5.41) is 13.7. The molecule has 0 aromatic heterocycles. The van der Waals surface area contributed by atoms with Crippen molar-refractivity contribution < 1.29 is 14.6 Å². The van der Waals surface area contributed by atoms with E-state index in [-0.39, 0.29) is 30.0 Å². The summed E-state index contributed by atoms with van der Waals surface area (Å²) < 4.78 is 5.97. The standard InChI is InChI=1S/C28H37NO3/c1-17(2)24-15-25(27(30)23-13-12-21-10-8-9-11-22(21)14-23)20(7)26(16-24)32-28(31)29(18(3)4)19(5)6/h8-14,18-19,24-25,27,30H,1,15-16H2,2-7H3/t24-,25-,27+/m1/s1. The van der Waals surface area contributed by atoms with Gasteiger partial charge in [0.05, 0.1) is 6.10 Å².